The minimum Gasteiger partial charge on any atom is -0.497 e. The molecule has 0 unspecified atom stereocenters. The molecular formula is C20H21N3O3S. The van der Waals surface area contributed by atoms with Crippen molar-refractivity contribution in [3.63, 3.8) is 0 Å². The monoisotopic (exact) mass is 383 g/mol. The summed E-state index contributed by atoms with van der Waals surface area (Å²) in [5, 5.41) is 6.59. The molecule has 7 heteroatoms. The van der Waals surface area contributed by atoms with Crippen molar-refractivity contribution < 1.29 is 13.9 Å². The third-order valence-corrected chi connectivity index (χ3v) is 4.64. The number of ether oxygens (including phenoxy) is 2. The van der Waals surface area contributed by atoms with Crippen molar-refractivity contribution in [3.05, 3.63) is 64.7 Å². The van der Waals surface area contributed by atoms with E-state index < -0.39 is 0 Å². The predicted molar refractivity (Wildman–Crippen MR) is 108 cm³/mol. The third kappa shape index (κ3) is 4.20. The molecule has 0 amide bonds. The summed E-state index contributed by atoms with van der Waals surface area (Å²) < 4.78 is 18.2. The number of aryl methyl sites for hydroxylation is 1. The highest BCUT2D eigenvalue weighted by Crippen LogP contribution is 2.33. The van der Waals surface area contributed by atoms with Gasteiger partial charge in [-0.25, -0.2) is 4.68 Å². The summed E-state index contributed by atoms with van der Waals surface area (Å²) in [6.07, 6.45) is 3.42. The number of benzene rings is 1. The fourth-order valence-electron chi connectivity index (χ4n) is 2.50. The van der Waals surface area contributed by atoms with Crippen molar-refractivity contribution in [3.8, 4) is 22.8 Å². The van der Waals surface area contributed by atoms with Crippen LogP contribution in [0.1, 0.15) is 11.5 Å². The third-order valence-electron chi connectivity index (χ3n) is 3.79. The molecular weight excluding hydrogens is 362 g/mol. The summed E-state index contributed by atoms with van der Waals surface area (Å²) in [4.78, 5) is 5.28. The van der Waals surface area contributed by atoms with E-state index in [0.29, 0.717) is 18.1 Å². The lowest BCUT2D eigenvalue weighted by Gasteiger charge is -2.10. The zero-order chi connectivity index (χ0) is 19.2. The van der Waals surface area contributed by atoms with Crippen LogP contribution in [0.2, 0.25) is 0 Å². The van der Waals surface area contributed by atoms with Gasteiger partial charge in [0.25, 0.3) is 0 Å². The van der Waals surface area contributed by atoms with Gasteiger partial charge < -0.3 is 13.9 Å². The molecule has 2 aromatic heterocycles. The smallest absolute Gasteiger partial charge is 0.206 e. The molecule has 2 heterocycles. The molecule has 0 saturated carbocycles. The molecule has 0 spiro atoms. The summed E-state index contributed by atoms with van der Waals surface area (Å²) >= 11 is 1.50. The van der Waals surface area contributed by atoms with Crippen molar-refractivity contribution in [2.24, 2.45) is 10.1 Å². The van der Waals surface area contributed by atoms with Gasteiger partial charge in [0.1, 0.15) is 23.0 Å². The molecule has 140 valence electrons. The second-order valence-corrected chi connectivity index (χ2v) is 6.44. The minimum absolute atomic E-state index is 0.509. The standard InChI is InChI=1S/C20H21N3O3S/c1-5-10-21-20-23(22-12-16-7-6-14(2)26-16)18(13-27-20)17-9-8-15(24-3)11-19(17)25-4/h5-9,11-13H,1,10H2,2-4H3. The zero-order valence-electron chi connectivity index (χ0n) is 15.5. The molecule has 0 aliphatic carbocycles. The fraction of sp³-hybridized carbons (Fsp3) is 0.200. The molecule has 0 aliphatic heterocycles. The van der Waals surface area contributed by atoms with Crippen LogP contribution >= 0.6 is 11.3 Å². The maximum absolute atomic E-state index is 5.58. The van der Waals surface area contributed by atoms with Crippen LogP contribution < -0.4 is 14.3 Å². The van der Waals surface area contributed by atoms with E-state index in [1.807, 2.05) is 42.6 Å². The Kier molecular flexibility index (Phi) is 5.93. The Hall–Kier alpha value is -3.06. The lowest BCUT2D eigenvalue weighted by molar-refractivity contribution is 0.395. The largest absolute Gasteiger partial charge is 0.497 e. The normalized spacial score (nSPS) is 11.9. The van der Waals surface area contributed by atoms with Crippen LogP contribution in [0.3, 0.4) is 0 Å². The fourth-order valence-corrected chi connectivity index (χ4v) is 3.33. The van der Waals surface area contributed by atoms with Crippen LogP contribution in [-0.2, 0) is 0 Å². The maximum atomic E-state index is 5.58. The first kappa shape index (κ1) is 18.7. The number of furan rings is 1. The SMILES string of the molecule is C=CCN=c1scc(-c2ccc(OC)cc2OC)n1N=Cc1ccc(C)o1. The highest BCUT2D eigenvalue weighted by atomic mass is 32.1. The number of thiazole rings is 1. The Balaban J connectivity index is 2.12. The summed E-state index contributed by atoms with van der Waals surface area (Å²) in [6.45, 7) is 6.13. The van der Waals surface area contributed by atoms with E-state index in [2.05, 4.69) is 16.7 Å². The maximum Gasteiger partial charge on any atom is 0.206 e. The van der Waals surface area contributed by atoms with E-state index in [0.717, 1.165) is 27.6 Å². The summed E-state index contributed by atoms with van der Waals surface area (Å²) in [7, 11) is 3.26. The Morgan fingerprint density at radius 3 is 2.74 bits per heavy atom. The van der Waals surface area contributed by atoms with Gasteiger partial charge in [-0.05, 0) is 31.2 Å². The number of aromatic nitrogens is 1. The van der Waals surface area contributed by atoms with E-state index in [1.165, 1.54) is 11.3 Å². The quantitative estimate of drug-likeness (QED) is 0.456. The minimum atomic E-state index is 0.509. The number of nitrogens with zero attached hydrogens (tertiary/aromatic N) is 3. The van der Waals surface area contributed by atoms with Gasteiger partial charge in [0.05, 0.1) is 32.7 Å². The van der Waals surface area contributed by atoms with Gasteiger partial charge >= 0.3 is 0 Å². The lowest BCUT2D eigenvalue weighted by Crippen LogP contribution is -2.12. The summed E-state index contributed by atoms with van der Waals surface area (Å²) in [5.41, 5.74) is 1.75. The van der Waals surface area contributed by atoms with E-state index in [9.17, 15) is 0 Å². The van der Waals surface area contributed by atoms with Crippen LogP contribution in [0.5, 0.6) is 11.5 Å². The molecule has 27 heavy (non-hydrogen) atoms. The average Bonchev–Trinajstić information content (AvgIpc) is 3.29. The molecule has 0 atom stereocenters. The van der Waals surface area contributed by atoms with Crippen LogP contribution in [0.25, 0.3) is 11.3 Å². The predicted octanol–water partition coefficient (Wildman–Crippen LogP) is 4.10. The number of hydrogen-bond donors (Lipinski definition) is 0. The molecule has 0 aliphatic rings. The van der Waals surface area contributed by atoms with Gasteiger partial charge in [-0.15, -0.1) is 17.9 Å². The van der Waals surface area contributed by atoms with Crippen molar-refractivity contribution in [1.82, 2.24) is 4.68 Å². The van der Waals surface area contributed by atoms with Crippen molar-refractivity contribution >= 4 is 17.6 Å². The topological polar surface area (TPSA) is 61.2 Å². The Morgan fingerprint density at radius 1 is 1.22 bits per heavy atom. The number of rotatable bonds is 7. The highest BCUT2D eigenvalue weighted by Gasteiger charge is 2.13. The Morgan fingerprint density at radius 2 is 2.07 bits per heavy atom. The molecule has 0 N–H and O–H groups in total. The number of hydrogen-bond acceptors (Lipinski definition) is 6. The van der Waals surface area contributed by atoms with Gasteiger partial charge in [-0.2, -0.15) is 5.10 Å². The first-order chi connectivity index (χ1) is 13.2. The van der Waals surface area contributed by atoms with E-state index >= 15 is 0 Å². The molecule has 0 fully saturated rings. The lowest BCUT2D eigenvalue weighted by atomic mass is 10.1. The second kappa shape index (κ2) is 8.55. The highest BCUT2D eigenvalue weighted by molar-refractivity contribution is 7.07. The van der Waals surface area contributed by atoms with Crippen molar-refractivity contribution in [2.75, 3.05) is 20.8 Å². The van der Waals surface area contributed by atoms with E-state index in [1.54, 1.807) is 31.2 Å². The van der Waals surface area contributed by atoms with Crippen LogP contribution in [-0.4, -0.2) is 31.7 Å². The van der Waals surface area contributed by atoms with Crippen LogP contribution in [0, 0.1) is 6.92 Å². The van der Waals surface area contributed by atoms with Gasteiger partial charge in [-0.1, -0.05) is 6.08 Å². The van der Waals surface area contributed by atoms with Crippen LogP contribution in [0.4, 0.5) is 0 Å². The Labute approximate surface area is 161 Å². The van der Waals surface area contributed by atoms with Gasteiger partial charge in [0, 0.05) is 17.0 Å². The van der Waals surface area contributed by atoms with Crippen molar-refractivity contribution in [2.45, 2.75) is 6.92 Å². The summed E-state index contributed by atoms with van der Waals surface area (Å²) in [5.74, 6) is 2.93. The molecule has 0 saturated heterocycles. The molecule has 3 rings (SSSR count). The molecule has 0 bridgehead atoms. The first-order valence-electron chi connectivity index (χ1n) is 8.31. The average molecular weight is 383 g/mol. The molecule has 0 radical (unpaired) electrons. The van der Waals surface area contributed by atoms with Crippen molar-refractivity contribution in [1.29, 1.82) is 0 Å². The Bertz CT molecular complexity index is 1030. The van der Waals surface area contributed by atoms with Crippen LogP contribution in [0.15, 0.2) is 62.9 Å². The molecule has 3 aromatic rings. The second-order valence-electron chi connectivity index (χ2n) is 5.60. The first-order valence-corrected chi connectivity index (χ1v) is 9.19. The van der Waals surface area contributed by atoms with E-state index in [-0.39, 0.29) is 0 Å². The molecule has 1 aromatic carbocycles. The molecule has 6 nitrogen and oxygen atoms in total. The van der Waals surface area contributed by atoms with Gasteiger partial charge in [-0.3, -0.25) is 4.99 Å². The zero-order valence-corrected chi connectivity index (χ0v) is 16.3. The van der Waals surface area contributed by atoms with Gasteiger partial charge in [0.15, 0.2) is 0 Å². The summed E-state index contributed by atoms with van der Waals surface area (Å²) in [6, 6.07) is 9.45. The van der Waals surface area contributed by atoms with E-state index in [4.69, 9.17) is 13.9 Å². The van der Waals surface area contributed by atoms with Gasteiger partial charge in [0.2, 0.25) is 4.80 Å². The number of methoxy groups -OCH3 is 2.